The molecule has 0 aliphatic heterocycles. The molecule has 0 saturated heterocycles. The maximum Gasteiger partial charge on any atom is 0.329 e. The number of H-pyrrole nitrogens is 1. The number of hydrogen-bond acceptors (Lipinski definition) is 6. The normalized spacial score (nSPS) is 11.8. The van der Waals surface area contributed by atoms with Crippen LogP contribution in [0.4, 0.5) is 11.7 Å². The number of aromatic nitrogens is 3. The molecule has 0 bridgehead atoms. The highest BCUT2D eigenvalue weighted by Crippen LogP contribution is 2.25. The van der Waals surface area contributed by atoms with Crippen LogP contribution in [0.5, 0.6) is 0 Å². The number of sulfonamides is 1. The molecule has 3 rings (SSSR count). The summed E-state index contributed by atoms with van der Waals surface area (Å²) in [4.78, 5) is 2.95. The van der Waals surface area contributed by atoms with Gasteiger partial charge in [-0.15, -0.1) is 5.10 Å². The van der Waals surface area contributed by atoms with Gasteiger partial charge in [-0.2, -0.15) is 0 Å². The van der Waals surface area contributed by atoms with Gasteiger partial charge >= 0.3 is 6.01 Å². The first-order valence-electron chi connectivity index (χ1n) is 5.65. The minimum Gasteiger partial charge on any atom is -0.408 e. The zero-order valence-electron chi connectivity index (χ0n) is 10.4. The summed E-state index contributed by atoms with van der Waals surface area (Å²) in [6, 6.07) is 4.75. The zero-order chi connectivity index (χ0) is 14.3. The van der Waals surface area contributed by atoms with E-state index in [2.05, 4.69) is 19.9 Å². The Bertz CT molecular complexity index is 880. The lowest BCUT2D eigenvalue weighted by atomic mass is 10.2. The highest BCUT2D eigenvalue weighted by atomic mass is 32.2. The first-order valence-corrected chi connectivity index (χ1v) is 7.13. The van der Waals surface area contributed by atoms with E-state index in [4.69, 9.17) is 10.2 Å². The van der Waals surface area contributed by atoms with Gasteiger partial charge in [0.1, 0.15) is 4.90 Å². The number of rotatable bonds is 3. The Hall–Kier alpha value is -2.55. The lowest BCUT2D eigenvalue weighted by molar-refractivity contribution is 0.534. The van der Waals surface area contributed by atoms with E-state index < -0.39 is 10.0 Å². The summed E-state index contributed by atoms with van der Waals surface area (Å²) in [5, 5.41) is 7.69. The predicted molar refractivity (Wildman–Crippen MR) is 72.6 cm³/mol. The monoisotopic (exact) mass is 293 g/mol. The molecule has 0 fully saturated rings. The van der Waals surface area contributed by atoms with Crippen molar-refractivity contribution < 1.29 is 12.8 Å². The average molecular weight is 293 g/mol. The van der Waals surface area contributed by atoms with E-state index in [0.29, 0.717) is 16.6 Å². The van der Waals surface area contributed by atoms with Gasteiger partial charge in [-0.3, -0.25) is 0 Å². The molecule has 1 aromatic carbocycles. The van der Waals surface area contributed by atoms with Gasteiger partial charge < -0.3 is 15.1 Å². The van der Waals surface area contributed by atoms with Crippen molar-refractivity contribution in [2.45, 2.75) is 11.8 Å². The van der Waals surface area contributed by atoms with Crippen LogP contribution in [0.3, 0.4) is 0 Å². The largest absolute Gasteiger partial charge is 0.408 e. The van der Waals surface area contributed by atoms with Crippen molar-refractivity contribution in [3.63, 3.8) is 0 Å². The van der Waals surface area contributed by atoms with E-state index in [0.717, 1.165) is 0 Å². The lowest BCUT2D eigenvalue weighted by Gasteiger charge is -2.02. The van der Waals surface area contributed by atoms with Crippen LogP contribution in [0.2, 0.25) is 0 Å². The number of anilines is 2. The summed E-state index contributed by atoms with van der Waals surface area (Å²) in [5.74, 6) is 0.273. The molecule has 4 N–H and O–H groups in total. The highest BCUT2D eigenvalue weighted by Gasteiger charge is 2.21. The summed E-state index contributed by atoms with van der Waals surface area (Å²) in [6.45, 7) is 1.57. The molecule has 0 radical (unpaired) electrons. The molecule has 0 spiro atoms. The highest BCUT2D eigenvalue weighted by molar-refractivity contribution is 7.93. The van der Waals surface area contributed by atoms with Gasteiger partial charge in [0.05, 0.1) is 0 Å². The summed E-state index contributed by atoms with van der Waals surface area (Å²) in [5.41, 5.74) is 6.83. The summed E-state index contributed by atoms with van der Waals surface area (Å²) in [6.07, 6.45) is 1.38. The van der Waals surface area contributed by atoms with E-state index in [9.17, 15) is 8.42 Å². The number of nitrogen functional groups attached to an aromatic ring is 1. The van der Waals surface area contributed by atoms with Crippen molar-refractivity contribution in [3.8, 4) is 0 Å². The van der Waals surface area contributed by atoms with Gasteiger partial charge in [-0.1, -0.05) is 5.10 Å². The van der Waals surface area contributed by atoms with Crippen molar-refractivity contribution in [1.82, 2.24) is 15.2 Å². The van der Waals surface area contributed by atoms with Crippen molar-refractivity contribution >= 4 is 32.6 Å². The number of aryl methyl sites for hydroxylation is 1. The standard InChI is InChI=1S/C11H11N5O3S/c1-6-14-15-11(19-6)16-20(17,18)10-5-13-9-4-7(12)2-3-8(9)10/h2-5,13H,12H2,1H3,(H,15,16). The number of aromatic amines is 1. The van der Waals surface area contributed by atoms with E-state index in [1.54, 1.807) is 25.1 Å². The summed E-state index contributed by atoms with van der Waals surface area (Å²) >= 11 is 0. The molecule has 0 saturated carbocycles. The third kappa shape index (κ3) is 2.07. The fourth-order valence-electron chi connectivity index (χ4n) is 1.85. The average Bonchev–Trinajstić information content (AvgIpc) is 2.94. The maximum absolute atomic E-state index is 12.3. The second-order valence-corrected chi connectivity index (χ2v) is 5.84. The zero-order valence-corrected chi connectivity index (χ0v) is 11.2. The molecule has 0 aliphatic carbocycles. The van der Waals surface area contributed by atoms with Gasteiger partial charge in [0, 0.05) is 29.7 Å². The summed E-state index contributed by atoms with van der Waals surface area (Å²) < 4.78 is 31.8. The molecule has 0 unspecified atom stereocenters. The molecule has 104 valence electrons. The Morgan fingerprint density at radius 1 is 1.35 bits per heavy atom. The first-order chi connectivity index (χ1) is 9.45. The summed E-state index contributed by atoms with van der Waals surface area (Å²) in [7, 11) is -3.81. The topological polar surface area (TPSA) is 127 Å². The van der Waals surface area contributed by atoms with E-state index in [-0.39, 0.29) is 16.8 Å². The second-order valence-electron chi connectivity index (χ2n) is 4.19. The molecular weight excluding hydrogens is 282 g/mol. The third-order valence-electron chi connectivity index (χ3n) is 2.71. The number of benzene rings is 1. The van der Waals surface area contributed by atoms with Crippen LogP contribution < -0.4 is 10.5 Å². The van der Waals surface area contributed by atoms with Crippen LogP contribution in [0, 0.1) is 6.92 Å². The van der Waals surface area contributed by atoms with Crippen molar-refractivity contribution in [1.29, 1.82) is 0 Å². The van der Waals surface area contributed by atoms with Crippen LogP contribution >= 0.6 is 0 Å². The van der Waals surface area contributed by atoms with Gasteiger partial charge in [0.25, 0.3) is 10.0 Å². The van der Waals surface area contributed by atoms with Gasteiger partial charge in [-0.25, -0.2) is 13.1 Å². The van der Waals surface area contributed by atoms with Crippen LogP contribution in [0.25, 0.3) is 10.9 Å². The van der Waals surface area contributed by atoms with Gasteiger partial charge in [0.15, 0.2) is 0 Å². The number of fused-ring (bicyclic) bond motifs is 1. The van der Waals surface area contributed by atoms with E-state index >= 15 is 0 Å². The third-order valence-corrected chi connectivity index (χ3v) is 4.07. The number of hydrogen-bond donors (Lipinski definition) is 3. The van der Waals surface area contributed by atoms with Crippen molar-refractivity contribution in [3.05, 3.63) is 30.3 Å². The van der Waals surface area contributed by atoms with Crippen molar-refractivity contribution in [2.24, 2.45) is 0 Å². The minimum atomic E-state index is -3.81. The molecule has 2 heterocycles. The van der Waals surface area contributed by atoms with Gasteiger partial charge in [0.2, 0.25) is 5.89 Å². The molecule has 3 aromatic rings. The Morgan fingerprint density at radius 3 is 2.85 bits per heavy atom. The SMILES string of the molecule is Cc1nnc(NS(=O)(=O)c2c[nH]c3cc(N)ccc23)o1. The van der Waals surface area contributed by atoms with Crippen LogP contribution in [0.15, 0.2) is 33.7 Å². The van der Waals surface area contributed by atoms with Crippen LogP contribution in [-0.4, -0.2) is 23.6 Å². The van der Waals surface area contributed by atoms with Gasteiger partial charge in [-0.05, 0) is 18.2 Å². The number of nitrogens with one attached hydrogen (secondary N) is 2. The molecular formula is C11H11N5O3S. The molecule has 9 heteroatoms. The van der Waals surface area contributed by atoms with E-state index in [1.807, 2.05) is 0 Å². The smallest absolute Gasteiger partial charge is 0.329 e. The Labute approximate surface area is 114 Å². The number of nitrogens with zero attached hydrogens (tertiary/aromatic N) is 2. The molecule has 2 aromatic heterocycles. The first kappa shape index (κ1) is 12.5. The fourth-order valence-corrected chi connectivity index (χ4v) is 2.95. The quantitative estimate of drug-likeness (QED) is 0.623. The van der Waals surface area contributed by atoms with E-state index in [1.165, 1.54) is 6.20 Å². The molecule has 20 heavy (non-hydrogen) atoms. The maximum atomic E-state index is 12.3. The molecule has 8 nitrogen and oxygen atoms in total. The molecule has 0 atom stereocenters. The van der Waals surface area contributed by atoms with Crippen LogP contribution in [-0.2, 0) is 10.0 Å². The molecule has 0 amide bonds. The second kappa shape index (κ2) is 4.23. The number of nitrogens with two attached hydrogens (primary N) is 1. The lowest BCUT2D eigenvalue weighted by Crippen LogP contribution is -2.12. The Kier molecular flexibility index (Phi) is 2.64. The minimum absolute atomic E-state index is 0.0864. The Balaban J connectivity index is 2.05. The van der Waals surface area contributed by atoms with Crippen LogP contribution in [0.1, 0.15) is 5.89 Å². The van der Waals surface area contributed by atoms with Crippen molar-refractivity contribution in [2.75, 3.05) is 10.5 Å². The molecule has 0 aliphatic rings. The Morgan fingerprint density at radius 2 is 2.15 bits per heavy atom. The fraction of sp³-hybridized carbons (Fsp3) is 0.0909. The predicted octanol–water partition coefficient (Wildman–Crippen LogP) is 1.24.